The van der Waals surface area contributed by atoms with E-state index in [4.69, 9.17) is 10.2 Å². The van der Waals surface area contributed by atoms with Crippen LogP contribution in [0.15, 0.2) is 49.2 Å². The van der Waals surface area contributed by atoms with Crippen molar-refractivity contribution in [1.29, 1.82) is 0 Å². The molecule has 0 fully saturated rings. The quantitative estimate of drug-likeness (QED) is 0.905. The van der Waals surface area contributed by atoms with Gasteiger partial charge in [-0.05, 0) is 44.0 Å². The van der Waals surface area contributed by atoms with Gasteiger partial charge in [-0.2, -0.15) is 0 Å². The average Bonchev–Trinajstić information content (AvgIpc) is 2.68. The molecule has 1 atom stereocenters. The first kappa shape index (κ1) is 13.7. The second kappa shape index (κ2) is 5.95. The summed E-state index contributed by atoms with van der Waals surface area (Å²) in [6.07, 6.45) is 2.60. The Balaban J connectivity index is 2.30. The average molecular weight is 326 g/mol. The number of benzene rings is 1. The first-order valence-corrected chi connectivity index (χ1v) is 7.43. The zero-order chi connectivity index (χ0) is 13.1. The molecule has 0 bridgehead atoms. The van der Waals surface area contributed by atoms with E-state index in [-0.39, 0.29) is 6.04 Å². The van der Waals surface area contributed by atoms with Crippen LogP contribution in [0.5, 0.6) is 0 Å². The van der Waals surface area contributed by atoms with Gasteiger partial charge in [0, 0.05) is 15.4 Å². The van der Waals surface area contributed by atoms with E-state index in [1.54, 1.807) is 18.0 Å². The number of hydrogen-bond acceptors (Lipinski definition) is 3. The lowest BCUT2D eigenvalue weighted by atomic mass is 10.1. The van der Waals surface area contributed by atoms with Crippen LogP contribution in [0.3, 0.4) is 0 Å². The van der Waals surface area contributed by atoms with E-state index in [1.807, 2.05) is 19.9 Å². The molecule has 18 heavy (non-hydrogen) atoms. The predicted octanol–water partition coefficient (Wildman–Crippen LogP) is 4.39. The van der Waals surface area contributed by atoms with Crippen LogP contribution in [0.1, 0.15) is 18.2 Å². The summed E-state index contributed by atoms with van der Waals surface area (Å²) in [7, 11) is 0. The van der Waals surface area contributed by atoms with Gasteiger partial charge in [0.25, 0.3) is 0 Å². The summed E-state index contributed by atoms with van der Waals surface area (Å²) in [6.45, 7) is 4.01. The maximum Gasteiger partial charge on any atom is 0.114 e. The van der Waals surface area contributed by atoms with Gasteiger partial charge in [-0.15, -0.1) is 0 Å². The lowest BCUT2D eigenvalue weighted by molar-refractivity contribution is 0.527. The fourth-order valence-corrected chi connectivity index (χ4v) is 3.27. The second-order valence-electron chi connectivity index (χ2n) is 4.38. The number of halogens is 1. The van der Waals surface area contributed by atoms with E-state index in [1.165, 1.54) is 10.5 Å². The second-order valence-corrected chi connectivity index (χ2v) is 6.38. The molecule has 0 aliphatic rings. The van der Waals surface area contributed by atoms with E-state index in [9.17, 15) is 0 Å². The van der Waals surface area contributed by atoms with Crippen LogP contribution in [0.4, 0.5) is 0 Å². The van der Waals surface area contributed by atoms with Crippen molar-refractivity contribution < 1.29 is 4.42 Å². The summed E-state index contributed by atoms with van der Waals surface area (Å²) in [5, 5.41) is 0. The number of furan rings is 1. The number of aryl methyl sites for hydroxylation is 1. The van der Waals surface area contributed by atoms with Crippen LogP contribution >= 0.6 is 27.7 Å². The van der Waals surface area contributed by atoms with Crippen molar-refractivity contribution in [2.45, 2.75) is 36.1 Å². The largest absolute Gasteiger partial charge is 0.468 e. The standard InChI is InChI=1S/C14H16BrNOS/c1-9(16)7-11-3-4-12(15)8-14(11)18-13-5-6-17-10(13)2/h3-6,8-9H,7,16H2,1-2H3. The van der Waals surface area contributed by atoms with Gasteiger partial charge in [0.1, 0.15) is 5.76 Å². The van der Waals surface area contributed by atoms with Gasteiger partial charge in [-0.1, -0.05) is 33.8 Å². The van der Waals surface area contributed by atoms with Crippen LogP contribution in [0.2, 0.25) is 0 Å². The van der Waals surface area contributed by atoms with Crippen molar-refractivity contribution in [2.75, 3.05) is 0 Å². The Hall–Kier alpha value is -0.710. The highest BCUT2D eigenvalue weighted by atomic mass is 79.9. The molecule has 0 saturated heterocycles. The Morgan fingerprint density at radius 2 is 2.11 bits per heavy atom. The minimum atomic E-state index is 0.163. The Bertz CT molecular complexity index is 536. The third-order valence-electron chi connectivity index (χ3n) is 2.60. The first-order chi connectivity index (χ1) is 8.56. The van der Waals surface area contributed by atoms with Crippen molar-refractivity contribution in [3.8, 4) is 0 Å². The van der Waals surface area contributed by atoms with Crippen LogP contribution in [-0.2, 0) is 6.42 Å². The third kappa shape index (κ3) is 3.40. The van der Waals surface area contributed by atoms with Crippen molar-refractivity contribution in [1.82, 2.24) is 0 Å². The molecule has 2 aromatic rings. The lowest BCUT2D eigenvalue weighted by Gasteiger charge is -2.11. The minimum absolute atomic E-state index is 0.163. The van der Waals surface area contributed by atoms with Gasteiger partial charge in [-0.3, -0.25) is 0 Å². The summed E-state index contributed by atoms with van der Waals surface area (Å²) in [5.74, 6) is 0.951. The summed E-state index contributed by atoms with van der Waals surface area (Å²) in [5.41, 5.74) is 7.17. The molecule has 4 heteroatoms. The molecule has 1 heterocycles. The molecule has 0 spiro atoms. The molecule has 0 aliphatic heterocycles. The normalized spacial score (nSPS) is 12.7. The fraction of sp³-hybridized carbons (Fsp3) is 0.286. The highest BCUT2D eigenvalue weighted by Gasteiger charge is 2.10. The van der Waals surface area contributed by atoms with Gasteiger partial charge in [0.15, 0.2) is 0 Å². The van der Waals surface area contributed by atoms with Crippen LogP contribution < -0.4 is 5.73 Å². The van der Waals surface area contributed by atoms with E-state index >= 15 is 0 Å². The molecule has 0 aliphatic carbocycles. The SMILES string of the molecule is Cc1occc1Sc1cc(Br)ccc1CC(C)N. The Kier molecular flexibility index (Phi) is 4.54. The van der Waals surface area contributed by atoms with E-state index < -0.39 is 0 Å². The molecule has 1 aromatic carbocycles. The van der Waals surface area contributed by atoms with Crippen molar-refractivity contribution in [3.63, 3.8) is 0 Å². The zero-order valence-electron chi connectivity index (χ0n) is 10.4. The van der Waals surface area contributed by atoms with E-state index in [0.717, 1.165) is 21.5 Å². The third-order valence-corrected chi connectivity index (χ3v) is 4.34. The monoisotopic (exact) mass is 325 g/mol. The molecule has 2 rings (SSSR count). The van der Waals surface area contributed by atoms with Crippen molar-refractivity contribution >= 4 is 27.7 Å². The number of nitrogens with two attached hydrogens (primary N) is 1. The maximum atomic E-state index is 5.90. The Morgan fingerprint density at radius 1 is 1.33 bits per heavy atom. The molecule has 96 valence electrons. The van der Waals surface area contributed by atoms with Gasteiger partial charge in [0.05, 0.1) is 11.2 Å². The molecular formula is C14H16BrNOS. The molecule has 0 amide bonds. The highest BCUT2D eigenvalue weighted by Crippen LogP contribution is 2.35. The topological polar surface area (TPSA) is 39.2 Å². The van der Waals surface area contributed by atoms with Crippen LogP contribution in [0, 0.1) is 6.92 Å². The smallest absolute Gasteiger partial charge is 0.114 e. The molecular weight excluding hydrogens is 310 g/mol. The molecule has 2 nitrogen and oxygen atoms in total. The highest BCUT2D eigenvalue weighted by molar-refractivity contribution is 9.10. The lowest BCUT2D eigenvalue weighted by Crippen LogP contribution is -2.18. The van der Waals surface area contributed by atoms with Crippen LogP contribution in [-0.4, -0.2) is 6.04 Å². The molecule has 0 saturated carbocycles. The Labute approximate surface area is 120 Å². The summed E-state index contributed by atoms with van der Waals surface area (Å²) in [6, 6.07) is 8.48. The predicted molar refractivity (Wildman–Crippen MR) is 79.1 cm³/mol. The zero-order valence-corrected chi connectivity index (χ0v) is 12.8. The number of rotatable bonds is 4. The van der Waals surface area contributed by atoms with Gasteiger partial charge in [-0.25, -0.2) is 0 Å². The van der Waals surface area contributed by atoms with Gasteiger partial charge >= 0.3 is 0 Å². The van der Waals surface area contributed by atoms with E-state index in [0.29, 0.717) is 0 Å². The van der Waals surface area contributed by atoms with Gasteiger partial charge < -0.3 is 10.2 Å². The first-order valence-electron chi connectivity index (χ1n) is 5.82. The fourth-order valence-electron chi connectivity index (χ4n) is 1.74. The molecule has 2 N–H and O–H groups in total. The maximum absolute atomic E-state index is 5.90. The molecule has 0 radical (unpaired) electrons. The summed E-state index contributed by atoms with van der Waals surface area (Å²) >= 11 is 5.24. The summed E-state index contributed by atoms with van der Waals surface area (Å²) in [4.78, 5) is 2.38. The molecule has 1 aromatic heterocycles. The Morgan fingerprint density at radius 3 is 2.72 bits per heavy atom. The molecule has 1 unspecified atom stereocenters. The van der Waals surface area contributed by atoms with Crippen molar-refractivity contribution in [2.24, 2.45) is 5.73 Å². The minimum Gasteiger partial charge on any atom is -0.468 e. The van der Waals surface area contributed by atoms with Gasteiger partial charge in [0.2, 0.25) is 0 Å². The van der Waals surface area contributed by atoms with Crippen LogP contribution in [0.25, 0.3) is 0 Å². The summed E-state index contributed by atoms with van der Waals surface area (Å²) < 4.78 is 6.41. The van der Waals surface area contributed by atoms with E-state index in [2.05, 4.69) is 34.1 Å². The van der Waals surface area contributed by atoms with Crippen molar-refractivity contribution in [3.05, 3.63) is 46.3 Å². The number of hydrogen-bond donors (Lipinski definition) is 1.